The number of nitrogens with zero attached hydrogens (tertiary/aromatic N) is 2. The number of para-hydroxylation sites is 1. The van der Waals surface area contributed by atoms with Crippen molar-refractivity contribution in [3.8, 4) is 0 Å². The Morgan fingerprint density at radius 1 is 0.760 bits per heavy atom. The molecule has 0 aliphatic carbocycles. The van der Waals surface area contributed by atoms with Gasteiger partial charge in [0.15, 0.2) is 0 Å². The molecule has 0 amide bonds. The molecule has 3 rings (SSSR count). The highest BCUT2D eigenvalue weighted by Gasteiger charge is 2.12. The molecular formula is C23H24N2. The lowest BCUT2D eigenvalue weighted by Gasteiger charge is -2.29. The molecule has 3 aromatic rings. The number of aryl methyl sites for hydroxylation is 1. The number of rotatable bonds is 5. The first-order valence-corrected chi connectivity index (χ1v) is 8.68. The topological polar surface area (TPSA) is 15.6 Å². The zero-order valence-electron chi connectivity index (χ0n) is 15.1. The van der Waals surface area contributed by atoms with E-state index in [1.807, 2.05) is 12.3 Å². The molecule has 2 heteroatoms. The summed E-state index contributed by atoms with van der Waals surface area (Å²) < 4.78 is 0. The third-order valence-electron chi connectivity index (χ3n) is 4.12. The monoisotopic (exact) mass is 328 g/mol. The first kappa shape index (κ1) is 17.0. The van der Waals surface area contributed by atoms with Crippen molar-refractivity contribution in [1.29, 1.82) is 0 Å². The molecule has 0 heterocycles. The van der Waals surface area contributed by atoms with Crippen molar-refractivity contribution in [2.24, 2.45) is 4.99 Å². The van der Waals surface area contributed by atoms with E-state index < -0.39 is 0 Å². The van der Waals surface area contributed by atoms with Crippen LogP contribution in [0.5, 0.6) is 0 Å². The van der Waals surface area contributed by atoms with Gasteiger partial charge in [-0.1, -0.05) is 48.0 Å². The molecule has 2 nitrogen and oxygen atoms in total. The van der Waals surface area contributed by atoms with Crippen LogP contribution in [0, 0.1) is 6.92 Å². The smallest absolute Gasteiger partial charge is 0.0631 e. The molecule has 0 spiro atoms. The zero-order valence-corrected chi connectivity index (χ0v) is 15.1. The van der Waals surface area contributed by atoms with Crippen molar-refractivity contribution in [3.05, 3.63) is 90.0 Å². The SMILES string of the molecule is Cc1ccc(C=Nc2ccc(N(c3ccccc3)C(C)C)cc2)cc1. The van der Waals surface area contributed by atoms with Crippen molar-refractivity contribution >= 4 is 23.3 Å². The summed E-state index contributed by atoms with van der Waals surface area (Å²) in [6, 6.07) is 27.6. The van der Waals surface area contributed by atoms with Crippen molar-refractivity contribution in [1.82, 2.24) is 0 Å². The van der Waals surface area contributed by atoms with E-state index in [1.165, 1.54) is 16.9 Å². The Morgan fingerprint density at radius 2 is 1.36 bits per heavy atom. The highest BCUT2D eigenvalue weighted by Crippen LogP contribution is 2.29. The van der Waals surface area contributed by atoms with E-state index in [4.69, 9.17) is 0 Å². The molecule has 0 unspecified atom stereocenters. The predicted molar refractivity (Wildman–Crippen MR) is 109 cm³/mol. The summed E-state index contributed by atoms with van der Waals surface area (Å²) in [5.41, 5.74) is 5.71. The van der Waals surface area contributed by atoms with Crippen molar-refractivity contribution < 1.29 is 0 Å². The Bertz CT molecular complexity index is 816. The van der Waals surface area contributed by atoms with Crippen LogP contribution in [-0.4, -0.2) is 12.3 Å². The predicted octanol–water partition coefficient (Wildman–Crippen LogP) is 6.29. The first-order valence-electron chi connectivity index (χ1n) is 8.68. The number of hydrogen-bond acceptors (Lipinski definition) is 2. The molecule has 3 aromatic carbocycles. The molecule has 0 saturated carbocycles. The maximum absolute atomic E-state index is 4.58. The maximum Gasteiger partial charge on any atom is 0.0631 e. The van der Waals surface area contributed by atoms with Gasteiger partial charge >= 0.3 is 0 Å². The lowest BCUT2D eigenvalue weighted by Crippen LogP contribution is -2.25. The van der Waals surface area contributed by atoms with Gasteiger partial charge in [0, 0.05) is 23.6 Å². The molecule has 0 aliphatic heterocycles. The second-order valence-electron chi connectivity index (χ2n) is 6.48. The normalized spacial score (nSPS) is 11.2. The molecule has 0 aromatic heterocycles. The highest BCUT2D eigenvalue weighted by atomic mass is 15.2. The van der Waals surface area contributed by atoms with Crippen LogP contribution < -0.4 is 4.90 Å². The van der Waals surface area contributed by atoms with Gasteiger partial charge in [0.25, 0.3) is 0 Å². The van der Waals surface area contributed by atoms with Crippen LogP contribution in [0.25, 0.3) is 0 Å². The lowest BCUT2D eigenvalue weighted by atomic mass is 10.1. The molecule has 126 valence electrons. The third kappa shape index (κ3) is 4.36. The van der Waals surface area contributed by atoms with Gasteiger partial charge in [-0.2, -0.15) is 0 Å². The van der Waals surface area contributed by atoms with E-state index >= 15 is 0 Å². The van der Waals surface area contributed by atoms with Gasteiger partial charge in [-0.3, -0.25) is 4.99 Å². The minimum Gasteiger partial charge on any atom is -0.339 e. The summed E-state index contributed by atoms with van der Waals surface area (Å²) in [6.45, 7) is 6.50. The Morgan fingerprint density at radius 3 is 1.96 bits per heavy atom. The third-order valence-corrected chi connectivity index (χ3v) is 4.12. The molecule has 0 radical (unpaired) electrons. The van der Waals surface area contributed by atoms with Crippen LogP contribution in [0.15, 0.2) is 83.9 Å². The second kappa shape index (κ2) is 7.80. The summed E-state index contributed by atoms with van der Waals surface area (Å²) in [7, 11) is 0. The van der Waals surface area contributed by atoms with E-state index in [1.54, 1.807) is 0 Å². The Kier molecular flexibility index (Phi) is 5.30. The molecule has 0 saturated heterocycles. The Hall–Kier alpha value is -2.87. The standard InChI is InChI=1S/C23H24N2/c1-18(2)25(22-7-5-4-6-8-22)23-15-13-21(14-16-23)24-17-20-11-9-19(3)10-12-20/h4-18H,1-3H3. The molecule has 0 bridgehead atoms. The van der Waals surface area contributed by atoms with E-state index in [9.17, 15) is 0 Å². The average Bonchev–Trinajstić information content (AvgIpc) is 2.63. The first-order chi connectivity index (χ1) is 12.1. The molecule has 0 fully saturated rings. The summed E-state index contributed by atoms with van der Waals surface area (Å²) in [4.78, 5) is 6.91. The lowest BCUT2D eigenvalue weighted by molar-refractivity contribution is 0.789. The van der Waals surface area contributed by atoms with Gasteiger partial charge in [0.05, 0.1) is 5.69 Å². The molecule has 25 heavy (non-hydrogen) atoms. The molecule has 0 N–H and O–H groups in total. The summed E-state index contributed by atoms with van der Waals surface area (Å²) >= 11 is 0. The molecule has 0 aliphatic rings. The minimum atomic E-state index is 0.379. The van der Waals surface area contributed by atoms with Gasteiger partial charge in [0.1, 0.15) is 0 Å². The fraction of sp³-hybridized carbons (Fsp3) is 0.174. The van der Waals surface area contributed by atoms with Crippen LogP contribution in [-0.2, 0) is 0 Å². The second-order valence-corrected chi connectivity index (χ2v) is 6.48. The fourth-order valence-electron chi connectivity index (χ4n) is 2.83. The van der Waals surface area contributed by atoms with Crippen LogP contribution in [0.3, 0.4) is 0 Å². The zero-order chi connectivity index (χ0) is 17.6. The van der Waals surface area contributed by atoms with Crippen molar-refractivity contribution in [2.75, 3.05) is 4.90 Å². The summed E-state index contributed by atoms with van der Waals surface area (Å²) in [6.07, 6.45) is 1.91. The Balaban J connectivity index is 1.80. The van der Waals surface area contributed by atoms with Crippen molar-refractivity contribution in [2.45, 2.75) is 26.8 Å². The van der Waals surface area contributed by atoms with E-state index in [0.29, 0.717) is 6.04 Å². The quantitative estimate of drug-likeness (QED) is 0.502. The number of hydrogen-bond donors (Lipinski definition) is 0. The largest absolute Gasteiger partial charge is 0.339 e. The van der Waals surface area contributed by atoms with Crippen LogP contribution >= 0.6 is 0 Å². The molecule has 0 atom stereocenters. The van der Waals surface area contributed by atoms with Crippen molar-refractivity contribution in [3.63, 3.8) is 0 Å². The summed E-state index contributed by atoms with van der Waals surface area (Å²) in [5.74, 6) is 0. The van der Waals surface area contributed by atoms with Gasteiger partial charge in [-0.25, -0.2) is 0 Å². The van der Waals surface area contributed by atoms with Gasteiger partial charge in [-0.15, -0.1) is 0 Å². The van der Waals surface area contributed by atoms with E-state index in [-0.39, 0.29) is 0 Å². The molecular weight excluding hydrogens is 304 g/mol. The van der Waals surface area contributed by atoms with Crippen LogP contribution in [0.2, 0.25) is 0 Å². The highest BCUT2D eigenvalue weighted by molar-refractivity contribution is 5.82. The number of benzene rings is 3. The van der Waals surface area contributed by atoms with Crippen LogP contribution in [0.1, 0.15) is 25.0 Å². The van der Waals surface area contributed by atoms with Gasteiger partial charge in [0.2, 0.25) is 0 Å². The van der Waals surface area contributed by atoms with Gasteiger partial charge < -0.3 is 4.90 Å². The van der Waals surface area contributed by atoms with Gasteiger partial charge in [-0.05, 0) is 62.7 Å². The Labute approximate surface area is 150 Å². The van der Waals surface area contributed by atoms with E-state index in [0.717, 1.165) is 11.3 Å². The van der Waals surface area contributed by atoms with E-state index in [2.05, 4.69) is 103 Å². The number of anilines is 2. The summed E-state index contributed by atoms with van der Waals surface area (Å²) in [5, 5.41) is 0. The fourth-order valence-corrected chi connectivity index (χ4v) is 2.83. The number of aliphatic imine (C=N–C) groups is 1. The average molecular weight is 328 g/mol. The van der Waals surface area contributed by atoms with Crippen LogP contribution in [0.4, 0.5) is 17.1 Å². The minimum absolute atomic E-state index is 0.379. The maximum atomic E-state index is 4.58.